The largest absolute Gasteiger partial charge is 0.478 e. The van der Waals surface area contributed by atoms with E-state index in [4.69, 9.17) is 14.6 Å². The molecule has 0 fully saturated rings. The third kappa shape index (κ3) is 2.01. The van der Waals surface area contributed by atoms with Crippen LogP contribution >= 0.6 is 0 Å². The topological polar surface area (TPSA) is 55.8 Å². The van der Waals surface area contributed by atoms with E-state index in [0.29, 0.717) is 5.75 Å². The number of carboxylic acid groups (broad SMARTS) is 1. The monoisotopic (exact) mass is 256 g/mol. The van der Waals surface area contributed by atoms with Crippen molar-refractivity contribution in [3.05, 3.63) is 47.5 Å². The third-order valence-corrected chi connectivity index (χ3v) is 3.17. The number of aromatic carboxylic acids is 1. The zero-order valence-corrected chi connectivity index (χ0v) is 10.3. The van der Waals surface area contributed by atoms with Crippen LogP contribution < -0.4 is 9.47 Å². The van der Waals surface area contributed by atoms with E-state index in [9.17, 15) is 4.79 Å². The van der Waals surface area contributed by atoms with Crippen LogP contribution in [0.1, 0.15) is 15.9 Å². The number of fused-ring (bicyclic) bond motifs is 1. The van der Waals surface area contributed by atoms with Crippen LogP contribution in [0.2, 0.25) is 0 Å². The van der Waals surface area contributed by atoms with Crippen molar-refractivity contribution in [3.63, 3.8) is 0 Å². The Labute approximate surface area is 110 Å². The van der Waals surface area contributed by atoms with E-state index >= 15 is 0 Å². The van der Waals surface area contributed by atoms with E-state index in [0.717, 1.165) is 22.4 Å². The fourth-order valence-corrected chi connectivity index (χ4v) is 2.13. The van der Waals surface area contributed by atoms with E-state index in [1.54, 1.807) is 12.1 Å². The Bertz CT molecular complexity index is 661. The molecule has 96 valence electrons. The highest BCUT2D eigenvalue weighted by Gasteiger charge is 2.15. The Kier molecular flexibility index (Phi) is 2.63. The first-order valence-corrected chi connectivity index (χ1v) is 5.89. The summed E-state index contributed by atoms with van der Waals surface area (Å²) in [4.78, 5) is 11.0. The third-order valence-electron chi connectivity index (χ3n) is 3.17. The molecule has 2 aromatic rings. The summed E-state index contributed by atoms with van der Waals surface area (Å²) in [6, 6.07) is 10.7. The second-order valence-electron chi connectivity index (χ2n) is 4.40. The Hall–Kier alpha value is -2.49. The van der Waals surface area contributed by atoms with Crippen LogP contribution in [0.25, 0.3) is 11.1 Å². The summed E-state index contributed by atoms with van der Waals surface area (Å²) in [5, 5.41) is 9.06. The first kappa shape index (κ1) is 11.6. The van der Waals surface area contributed by atoms with Gasteiger partial charge in [-0.15, -0.1) is 0 Å². The molecule has 1 aliphatic rings. The minimum Gasteiger partial charge on any atom is -0.478 e. The molecule has 0 bridgehead atoms. The quantitative estimate of drug-likeness (QED) is 0.897. The predicted molar refractivity (Wildman–Crippen MR) is 69.7 cm³/mol. The minimum atomic E-state index is -0.929. The van der Waals surface area contributed by atoms with Gasteiger partial charge in [0.1, 0.15) is 0 Å². The first-order chi connectivity index (χ1) is 9.15. The van der Waals surface area contributed by atoms with Gasteiger partial charge in [-0.1, -0.05) is 12.1 Å². The molecule has 3 rings (SSSR count). The molecule has 19 heavy (non-hydrogen) atoms. The van der Waals surface area contributed by atoms with Crippen molar-refractivity contribution < 1.29 is 19.4 Å². The average Bonchev–Trinajstić information content (AvgIpc) is 2.86. The van der Waals surface area contributed by atoms with Gasteiger partial charge in [0.25, 0.3) is 0 Å². The molecule has 0 spiro atoms. The maximum absolute atomic E-state index is 11.0. The van der Waals surface area contributed by atoms with E-state index < -0.39 is 5.97 Å². The van der Waals surface area contributed by atoms with Crippen molar-refractivity contribution in [2.24, 2.45) is 0 Å². The van der Waals surface area contributed by atoms with Crippen LogP contribution in [0.3, 0.4) is 0 Å². The molecule has 4 nitrogen and oxygen atoms in total. The number of rotatable bonds is 2. The Morgan fingerprint density at radius 1 is 1.11 bits per heavy atom. The van der Waals surface area contributed by atoms with Crippen LogP contribution in [0.4, 0.5) is 0 Å². The average molecular weight is 256 g/mol. The van der Waals surface area contributed by atoms with Gasteiger partial charge in [0.2, 0.25) is 6.79 Å². The van der Waals surface area contributed by atoms with E-state index in [1.165, 1.54) is 0 Å². The number of ether oxygens (including phenoxy) is 2. The Morgan fingerprint density at radius 2 is 1.89 bits per heavy atom. The number of benzene rings is 2. The van der Waals surface area contributed by atoms with Gasteiger partial charge in [0.05, 0.1) is 5.56 Å². The van der Waals surface area contributed by atoms with Crippen LogP contribution in [0.5, 0.6) is 11.5 Å². The lowest BCUT2D eigenvalue weighted by Crippen LogP contribution is -1.97. The van der Waals surface area contributed by atoms with Crippen molar-refractivity contribution in [3.8, 4) is 22.6 Å². The summed E-state index contributed by atoms with van der Waals surface area (Å²) in [5.74, 6) is 0.482. The lowest BCUT2D eigenvalue weighted by Gasteiger charge is -2.08. The maximum Gasteiger partial charge on any atom is 0.335 e. The number of carboxylic acids is 1. The van der Waals surface area contributed by atoms with Crippen molar-refractivity contribution in [1.82, 2.24) is 0 Å². The molecule has 1 N–H and O–H groups in total. The van der Waals surface area contributed by atoms with Crippen molar-refractivity contribution in [2.45, 2.75) is 6.92 Å². The summed E-state index contributed by atoms with van der Waals surface area (Å²) in [6.45, 7) is 2.18. The standard InChI is InChI=1S/C15H12O4/c1-9-2-3-11(15(16)17)6-12(9)10-4-5-13-14(7-10)19-8-18-13/h2-7H,8H2,1H3,(H,16,17). The second kappa shape index (κ2) is 4.31. The normalized spacial score (nSPS) is 12.5. The molecule has 1 heterocycles. The number of carbonyl (C=O) groups is 1. The van der Waals surface area contributed by atoms with Gasteiger partial charge >= 0.3 is 5.97 Å². The van der Waals surface area contributed by atoms with Crippen LogP contribution in [0, 0.1) is 6.92 Å². The summed E-state index contributed by atoms with van der Waals surface area (Å²) in [7, 11) is 0. The van der Waals surface area contributed by atoms with Gasteiger partial charge in [0, 0.05) is 0 Å². The molecule has 1 aliphatic heterocycles. The van der Waals surface area contributed by atoms with Gasteiger partial charge in [0.15, 0.2) is 11.5 Å². The molecule has 0 aromatic heterocycles. The van der Waals surface area contributed by atoms with E-state index in [-0.39, 0.29) is 12.4 Å². The molecule has 0 saturated carbocycles. The van der Waals surface area contributed by atoms with Gasteiger partial charge in [-0.05, 0) is 47.9 Å². The zero-order chi connectivity index (χ0) is 13.4. The molecule has 2 aromatic carbocycles. The van der Waals surface area contributed by atoms with Crippen LogP contribution in [-0.2, 0) is 0 Å². The highest BCUT2D eigenvalue weighted by Crippen LogP contribution is 2.36. The fourth-order valence-electron chi connectivity index (χ4n) is 2.13. The van der Waals surface area contributed by atoms with E-state index in [2.05, 4.69) is 0 Å². The maximum atomic E-state index is 11.0. The molecular weight excluding hydrogens is 244 g/mol. The summed E-state index contributed by atoms with van der Waals surface area (Å²) < 4.78 is 10.6. The lowest BCUT2D eigenvalue weighted by molar-refractivity contribution is 0.0697. The molecule has 0 radical (unpaired) electrons. The number of aryl methyl sites for hydroxylation is 1. The van der Waals surface area contributed by atoms with Crippen molar-refractivity contribution >= 4 is 5.97 Å². The van der Waals surface area contributed by atoms with Crippen molar-refractivity contribution in [1.29, 1.82) is 0 Å². The van der Waals surface area contributed by atoms with Crippen LogP contribution in [-0.4, -0.2) is 17.9 Å². The van der Waals surface area contributed by atoms with Gasteiger partial charge < -0.3 is 14.6 Å². The summed E-state index contributed by atoms with van der Waals surface area (Å²) >= 11 is 0. The van der Waals surface area contributed by atoms with Gasteiger partial charge in [-0.25, -0.2) is 4.79 Å². The summed E-state index contributed by atoms with van der Waals surface area (Å²) in [6.07, 6.45) is 0. The first-order valence-electron chi connectivity index (χ1n) is 5.89. The number of hydrogen-bond donors (Lipinski definition) is 1. The molecule has 0 aliphatic carbocycles. The zero-order valence-electron chi connectivity index (χ0n) is 10.3. The van der Waals surface area contributed by atoms with Gasteiger partial charge in [-0.2, -0.15) is 0 Å². The molecule has 4 heteroatoms. The summed E-state index contributed by atoms with van der Waals surface area (Å²) in [5.41, 5.74) is 3.10. The highest BCUT2D eigenvalue weighted by molar-refractivity contribution is 5.90. The van der Waals surface area contributed by atoms with Gasteiger partial charge in [-0.3, -0.25) is 0 Å². The molecular formula is C15H12O4. The molecule has 0 unspecified atom stereocenters. The highest BCUT2D eigenvalue weighted by atomic mass is 16.7. The SMILES string of the molecule is Cc1ccc(C(=O)O)cc1-c1ccc2c(c1)OCO2. The molecule has 0 saturated heterocycles. The smallest absolute Gasteiger partial charge is 0.335 e. The predicted octanol–water partition coefficient (Wildman–Crippen LogP) is 3.09. The lowest BCUT2D eigenvalue weighted by atomic mass is 9.98. The Balaban J connectivity index is 2.11. The Morgan fingerprint density at radius 3 is 2.68 bits per heavy atom. The van der Waals surface area contributed by atoms with E-state index in [1.807, 2.05) is 31.2 Å². The minimum absolute atomic E-state index is 0.229. The second-order valence-corrected chi connectivity index (χ2v) is 4.40. The molecule has 0 amide bonds. The number of hydrogen-bond acceptors (Lipinski definition) is 3. The molecule has 0 atom stereocenters. The van der Waals surface area contributed by atoms with Crippen molar-refractivity contribution in [2.75, 3.05) is 6.79 Å². The fraction of sp³-hybridized carbons (Fsp3) is 0.133. The van der Waals surface area contributed by atoms with Crippen LogP contribution in [0.15, 0.2) is 36.4 Å².